The number of halogens is 1. The fraction of sp³-hybridized carbons (Fsp3) is 1.00. The van der Waals surface area contributed by atoms with Crippen molar-refractivity contribution in [1.82, 2.24) is 4.90 Å². The Bertz CT molecular complexity index is 85.0. The van der Waals surface area contributed by atoms with Crippen molar-refractivity contribution in [2.24, 2.45) is 0 Å². The van der Waals surface area contributed by atoms with Crippen molar-refractivity contribution < 1.29 is 0 Å². The highest BCUT2D eigenvalue weighted by molar-refractivity contribution is 6.18. The van der Waals surface area contributed by atoms with E-state index in [1.54, 1.807) is 0 Å². The van der Waals surface area contributed by atoms with E-state index >= 15 is 0 Å². The van der Waals surface area contributed by atoms with Crippen molar-refractivity contribution in [1.29, 1.82) is 0 Å². The Morgan fingerprint density at radius 3 is 2.78 bits per heavy atom. The highest BCUT2D eigenvalue weighted by atomic mass is 35.5. The Morgan fingerprint density at radius 2 is 2.33 bits per heavy atom. The molecule has 0 saturated carbocycles. The maximum Gasteiger partial charge on any atom is 0.0379 e. The minimum Gasteiger partial charge on any atom is -0.302 e. The second-order valence-corrected chi connectivity index (χ2v) is 3.09. The Morgan fingerprint density at radius 1 is 1.56 bits per heavy atom. The first kappa shape index (κ1) is 7.36. The van der Waals surface area contributed by atoms with Gasteiger partial charge in [-0.25, -0.2) is 0 Å². The lowest BCUT2D eigenvalue weighted by atomic mass is 10.1. The van der Waals surface area contributed by atoms with Crippen molar-refractivity contribution >= 4 is 11.6 Å². The zero-order chi connectivity index (χ0) is 6.69. The molecule has 0 aromatic rings. The van der Waals surface area contributed by atoms with Crippen LogP contribution in [0.25, 0.3) is 0 Å². The van der Waals surface area contributed by atoms with Crippen LogP contribution in [0.5, 0.6) is 0 Å². The number of nitrogens with zero attached hydrogens (tertiary/aromatic N) is 1. The first-order valence-electron chi connectivity index (χ1n) is 3.61. The summed E-state index contributed by atoms with van der Waals surface area (Å²) >= 11 is 5.73. The summed E-state index contributed by atoms with van der Waals surface area (Å²) in [5.74, 6) is 0.802. The van der Waals surface area contributed by atoms with Crippen molar-refractivity contribution in [3.05, 3.63) is 0 Å². The lowest BCUT2D eigenvalue weighted by Crippen LogP contribution is -2.37. The Hall–Kier alpha value is 0.250. The third kappa shape index (κ3) is 1.84. The molecular formula is C7H14ClN. The zero-order valence-electron chi connectivity index (χ0n) is 5.94. The number of rotatable bonds is 1. The van der Waals surface area contributed by atoms with E-state index in [0.717, 1.165) is 5.88 Å². The van der Waals surface area contributed by atoms with Crippen molar-refractivity contribution in [3.8, 4) is 0 Å². The van der Waals surface area contributed by atoms with Gasteiger partial charge in [-0.05, 0) is 26.4 Å². The molecule has 1 saturated heterocycles. The molecule has 1 aliphatic rings. The van der Waals surface area contributed by atoms with Crippen LogP contribution in [0.2, 0.25) is 0 Å². The van der Waals surface area contributed by atoms with Gasteiger partial charge in [0.05, 0.1) is 0 Å². The average Bonchev–Trinajstić information content (AvgIpc) is 1.89. The highest BCUT2D eigenvalue weighted by Crippen LogP contribution is 2.15. The standard InChI is InChI=1S/C7H14ClN/c1-9-5-3-2-4-7(9)6-8/h7H,2-6H2,1H3. The van der Waals surface area contributed by atoms with Crippen LogP contribution in [0.15, 0.2) is 0 Å². The summed E-state index contributed by atoms with van der Waals surface area (Å²) in [5.41, 5.74) is 0. The second-order valence-electron chi connectivity index (χ2n) is 2.78. The fourth-order valence-electron chi connectivity index (χ4n) is 1.34. The smallest absolute Gasteiger partial charge is 0.0379 e. The van der Waals surface area contributed by atoms with Crippen LogP contribution in [0.4, 0.5) is 0 Å². The van der Waals surface area contributed by atoms with Crippen LogP contribution in [-0.4, -0.2) is 30.4 Å². The van der Waals surface area contributed by atoms with Gasteiger partial charge in [0.1, 0.15) is 0 Å². The summed E-state index contributed by atoms with van der Waals surface area (Å²) in [6.07, 6.45) is 4.01. The third-order valence-electron chi connectivity index (χ3n) is 2.10. The second kappa shape index (κ2) is 3.43. The van der Waals surface area contributed by atoms with Crippen molar-refractivity contribution in [2.45, 2.75) is 25.3 Å². The molecule has 0 radical (unpaired) electrons. The van der Waals surface area contributed by atoms with Gasteiger partial charge < -0.3 is 4.90 Å². The zero-order valence-corrected chi connectivity index (χ0v) is 6.69. The van der Waals surface area contributed by atoms with E-state index in [1.165, 1.54) is 25.8 Å². The van der Waals surface area contributed by atoms with Crippen LogP contribution in [-0.2, 0) is 0 Å². The number of hydrogen-bond donors (Lipinski definition) is 0. The maximum atomic E-state index is 5.73. The molecule has 1 heterocycles. The Kier molecular flexibility index (Phi) is 2.80. The minimum atomic E-state index is 0.653. The fourth-order valence-corrected chi connectivity index (χ4v) is 1.73. The molecule has 1 fully saturated rings. The molecule has 1 atom stereocenters. The van der Waals surface area contributed by atoms with Gasteiger partial charge in [0.15, 0.2) is 0 Å². The van der Waals surface area contributed by atoms with E-state index in [0.29, 0.717) is 6.04 Å². The highest BCUT2D eigenvalue weighted by Gasteiger charge is 2.16. The summed E-state index contributed by atoms with van der Waals surface area (Å²) in [5, 5.41) is 0. The van der Waals surface area contributed by atoms with Crippen LogP contribution < -0.4 is 0 Å². The first-order chi connectivity index (χ1) is 4.34. The lowest BCUT2D eigenvalue weighted by molar-refractivity contribution is 0.203. The molecule has 1 nitrogen and oxygen atoms in total. The van der Waals surface area contributed by atoms with Gasteiger partial charge in [0, 0.05) is 11.9 Å². The van der Waals surface area contributed by atoms with Crippen LogP contribution in [0, 0.1) is 0 Å². The monoisotopic (exact) mass is 147 g/mol. The molecule has 0 aliphatic carbocycles. The molecule has 0 aromatic heterocycles. The maximum absolute atomic E-state index is 5.73. The predicted molar refractivity (Wildman–Crippen MR) is 41.0 cm³/mol. The summed E-state index contributed by atoms with van der Waals surface area (Å²) < 4.78 is 0. The first-order valence-corrected chi connectivity index (χ1v) is 4.14. The summed E-state index contributed by atoms with van der Waals surface area (Å²) in [7, 11) is 2.16. The topological polar surface area (TPSA) is 3.24 Å². The van der Waals surface area contributed by atoms with Gasteiger partial charge in [0.25, 0.3) is 0 Å². The van der Waals surface area contributed by atoms with Crippen LogP contribution in [0.1, 0.15) is 19.3 Å². The number of piperidine rings is 1. The Labute approximate surface area is 62.0 Å². The van der Waals surface area contributed by atoms with Crippen LogP contribution >= 0.6 is 11.6 Å². The van der Waals surface area contributed by atoms with Gasteiger partial charge in [-0.3, -0.25) is 0 Å². The van der Waals surface area contributed by atoms with E-state index in [2.05, 4.69) is 11.9 Å². The van der Waals surface area contributed by atoms with Gasteiger partial charge in [-0.15, -0.1) is 11.6 Å². The van der Waals surface area contributed by atoms with E-state index < -0.39 is 0 Å². The van der Waals surface area contributed by atoms with Crippen molar-refractivity contribution in [2.75, 3.05) is 19.5 Å². The van der Waals surface area contributed by atoms with Crippen LogP contribution in [0.3, 0.4) is 0 Å². The van der Waals surface area contributed by atoms with Gasteiger partial charge in [-0.2, -0.15) is 0 Å². The van der Waals surface area contributed by atoms with E-state index in [9.17, 15) is 0 Å². The van der Waals surface area contributed by atoms with Gasteiger partial charge in [0.2, 0.25) is 0 Å². The predicted octanol–water partition coefficient (Wildman–Crippen LogP) is 1.71. The quantitative estimate of drug-likeness (QED) is 0.511. The minimum absolute atomic E-state index is 0.653. The number of alkyl halides is 1. The molecule has 1 unspecified atom stereocenters. The normalized spacial score (nSPS) is 30.7. The molecule has 0 bridgehead atoms. The van der Waals surface area contributed by atoms with E-state index in [1.807, 2.05) is 0 Å². The molecule has 9 heavy (non-hydrogen) atoms. The third-order valence-corrected chi connectivity index (χ3v) is 2.46. The summed E-state index contributed by atoms with van der Waals surface area (Å²) in [6.45, 7) is 1.23. The molecule has 0 amide bonds. The van der Waals surface area contributed by atoms with Crippen molar-refractivity contribution in [3.63, 3.8) is 0 Å². The molecule has 0 N–H and O–H groups in total. The summed E-state index contributed by atoms with van der Waals surface area (Å²) in [4.78, 5) is 2.36. The SMILES string of the molecule is CN1CCCCC1CCl. The molecule has 1 rings (SSSR count). The largest absolute Gasteiger partial charge is 0.302 e. The molecule has 2 heteroatoms. The molecular weight excluding hydrogens is 134 g/mol. The number of hydrogen-bond acceptors (Lipinski definition) is 1. The molecule has 0 spiro atoms. The molecule has 1 aliphatic heterocycles. The van der Waals surface area contributed by atoms with E-state index in [4.69, 9.17) is 11.6 Å². The number of likely N-dealkylation sites (tertiary alicyclic amines) is 1. The molecule has 54 valence electrons. The average molecular weight is 148 g/mol. The summed E-state index contributed by atoms with van der Waals surface area (Å²) in [6, 6.07) is 0.653. The van der Waals surface area contributed by atoms with Gasteiger partial charge in [-0.1, -0.05) is 6.42 Å². The molecule has 0 aromatic carbocycles. The lowest BCUT2D eigenvalue weighted by Gasteiger charge is -2.30. The Balaban J connectivity index is 2.30. The van der Waals surface area contributed by atoms with Gasteiger partial charge >= 0.3 is 0 Å². The van der Waals surface area contributed by atoms with E-state index in [-0.39, 0.29) is 0 Å².